The maximum atomic E-state index is 12.3. The molecule has 0 unspecified atom stereocenters. The highest BCUT2D eigenvalue weighted by Crippen LogP contribution is 2.22. The van der Waals surface area contributed by atoms with E-state index in [-0.39, 0.29) is 6.03 Å². The SMILES string of the molecule is Cc1cccc(C)c1OCCNC(=O)N1CCN2CCC[C@@H]2C1. The Balaban J connectivity index is 1.41. The Kier molecular flexibility index (Phi) is 5.06. The number of hydrogen-bond acceptors (Lipinski definition) is 3. The Morgan fingerprint density at radius 1 is 1.26 bits per heavy atom. The second kappa shape index (κ2) is 7.21. The fourth-order valence-corrected chi connectivity index (χ4v) is 3.63. The van der Waals surface area contributed by atoms with Crippen molar-refractivity contribution in [3.63, 3.8) is 0 Å². The smallest absolute Gasteiger partial charge is 0.317 e. The molecule has 126 valence electrons. The summed E-state index contributed by atoms with van der Waals surface area (Å²) >= 11 is 0. The fourth-order valence-electron chi connectivity index (χ4n) is 3.63. The van der Waals surface area contributed by atoms with Crippen LogP contribution in [0.5, 0.6) is 5.75 Å². The number of nitrogens with zero attached hydrogens (tertiary/aromatic N) is 2. The van der Waals surface area contributed by atoms with E-state index in [1.807, 2.05) is 36.9 Å². The average Bonchev–Trinajstić information content (AvgIpc) is 3.01. The zero-order valence-corrected chi connectivity index (χ0v) is 14.2. The number of urea groups is 1. The summed E-state index contributed by atoms with van der Waals surface area (Å²) in [6.07, 6.45) is 2.49. The van der Waals surface area contributed by atoms with Gasteiger partial charge in [-0.15, -0.1) is 0 Å². The number of ether oxygens (including phenoxy) is 1. The Morgan fingerprint density at radius 3 is 2.83 bits per heavy atom. The Morgan fingerprint density at radius 2 is 2.04 bits per heavy atom. The monoisotopic (exact) mass is 317 g/mol. The van der Waals surface area contributed by atoms with E-state index in [0.717, 1.165) is 36.5 Å². The van der Waals surface area contributed by atoms with Crippen molar-refractivity contribution in [2.75, 3.05) is 39.3 Å². The van der Waals surface area contributed by atoms with E-state index in [9.17, 15) is 4.79 Å². The van der Waals surface area contributed by atoms with Gasteiger partial charge in [0.05, 0.1) is 6.54 Å². The number of benzene rings is 1. The lowest BCUT2D eigenvalue weighted by atomic mass is 10.1. The first-order valence-electron chi connectivity index (χ1n) is 8.61. The number of carbonyl (C=O) groups excluding carboxylic acids is 1. The third kappa shape index (κ3) is 3.78. The number of amides is 2. The standard InChI is InChI=1S/C18H27N3O2/c1-14-5-3-6-15(2)17(14)23-12-8-19-18(22)21-11-10-20-9-4-7-16(20)13-21/h3,5-6,16H,4,7-13H2,1-2H3,(H,19,22)/t16-/m1/s1. The molecule has 0 spiro atoms. The third-order valence-electron chi connectivity index (χ3n) is 4.91. The molecule has 2 heterocycles. The predicted molar refractivity (Wildman–Crippen MR) is 91.0 cm³/mol. The number of carbonyl (C=O) groups is 1. The van der Waals surface area contributed by atoms with Crippen molar-refractivity contribution in [1.82, 2.24) is 15.1 Å². The van der Waals surface area contributed by atoms with Crippen molar-refractivity contribution < 1.29 is 9.53 Å². The van der Waals surface area contributed by atoms with Gasteiger partial charge >= 0.3 is 6.03 Å². The number of para-hydroxylation sites is 1. The Hall–Kier alpha value is -1.75. The third-order valence-corrected chi connectivity index (χ3v) is 4.91. The van der Waals surface area contributed by atoms with Gasteiger partial charge in [0.15, 0.2) is 0 Å². The summed E-state index contributed by atoms with van der Waals surface area (Å²) in [5.74, 6) is 0.932. The number of aryl methyl sites for hydroxylation is 2. The topological polar surface area (TPSA) is 44.8 Å². The molecule has 3 rings (SSSR count). The van der Waals surface area contributed by atoms with Gasteiger partial charge in [-0.2, -0.15) is 0 Å². The molecule has 1 aromatic rings. The van der Waals surface area contributed by atoms with Gasteiger partial charge in [0.1, 0.15) is 12.4 Å². The Bertz CT molecular complexity index is 541. The molecule has 23 heavy (non-hydrogen) atoms. The van der Waals surface area contributed by atoms with Crippen LogP contribution in [0.3, 0.4) is 0 Å². The fraction of sp³-hybridized carbons (Fsp3) is 0.611. The van der Waals surface area contributed by atoms with Crippen LogP contribution in [0.2, 0.25) is 0 Å². The Labute approximate surface area is 138 Å². The molecule has 2 aliphatic rings. The highest BCUT2D eigenvalue weighted by Gasteiger charge is 2.32. The largest absolute Gasteiger partial charge is 0.491 e. The van der Waals surface area contributed by atoms with Gasteiger partial charge in [-0.1, -0.05) is 18.2 Å². The van der Waals surface area contributed by atoms with Crippen LogP contribution in [0.25, 0.3) is 0 Å². The van der Waals surface area contributed by atoms with E-state index in [4.69, 9.17) is 4.74 Å². The molecular weight excluding hydrogens is 290 g/mol. The zero-order valence-electron chi connectivity index (χ0n) is 14.2. The second-order valence-electron chi connectivity index (χ2n) is 6.58. The summed E-state index contributed by atoms with van der Waals surface area (Å²) in [7, 11) is 0. The van der Waals surface area contributed by atoms with E-state index in [1.165, 1.54) is 19.4 Å². The molecule has 0 aliphatic carbocycles. The lowest BCUT2D eigenvalue weighted by molar-refractivity contribution is 0.117. The highest BCUT2D eigenvalue weighted by atomic mass is 16.5. The van der Waals surface area contributed by atoms with Crippen LogP contribution < -0.4 is 10.1 Å². The van der Waals surface area contributed by atoms with Crippen LogP contribution in [0.1, 0.15) is 24.0 Å². The minimum atomic E-state index is 0.0432. The van der Waals surface area contributed by atoms with Gasteiger partial charge < -0.3 is 15.0 Å². The predicted octanol–water partition coefficient (Wildman–Crippen LogP) is 2.17. The molecule has 1 aromatic carbocycles. The second-order valence-corrected chi connectivity index (χ2v) is 6.58. The summed E-state index contributed by atoms with van der Waals surface area (Å²) in [6, 6.07) is 6.73. The maximum Gasteiger partial charge on any atom is 0.317 e. The van der Waals surface area contributed by atoms with Crippen molar-refractivity contribution in [1.29, 1.82) is 0 Å². The van der Waals surface area contributed by atoms with E-state index in [2.05, 4.69) is 10.2 Å². The average molecular weight is 317 g/mol. The summed E-state index contributed by atoms with van der Waals surface area (Å²) < 4.78 is 5.83. The number of piperazine rings is 1. The number of nitrogens with one attached hydrogen (secondary N) is 1. The lowest BCUT2D eigenvalue weighted by Gasteiger charge is -2.37. The first-order valence-corrected chi connectivity index (χ1v) is 8.61. The van der Waals surface area contributed by atoms with Gasteiger partial charge in [0, 0.05) is 25.7 Å². The van der Waals surface area contributed by atoms with Crippen LogP contribution in [0.15, 0.2) is 18.2 Å². The molecular formula is C18H27N3O2. The van der Waals surface area contributed by atoms with Crippen LogP contribution in [-0.4, -0.2) is 61.2 Å². The van der Waals surface area contributed by atoms with Crippen LogP contribution in [0.4, 0.5) is 4.79 Å². The maximum absolute atomic E-state index is 12.3. The molecule has 2 aliphatic heterocycles. The first kappa shape index (κ1) is 16.1. The molecule has 1 atom stereocenters. The van der Waals surface area contributed by atoms with Gasteiger partial charge in [-0.3, -0.25) is 4.90 Å². The molecule has 5 heteroatoms. The van der Waals surface area contributed by atoms with Gasteiger partial charge in [0.2, 0.25) is 0 Å². The first-order chi connectivity index (χ1) is 11.1. The number of rotatable bonds is 4. The van der Waals surface area contributed by atoms with Crippen LogP contribution in [0, 0.1) is 13.8 Å². The van der Waals surface area contributed by atoms with E-state index in [1.54, 1.807) is 0 Å². The summed E-state index contributed by atoms with van der Waals surface area (Å²) in [5.41, 5.74) is 2.27. The van der Waals surface area contributed by atoms with Crippen molar-refractivity contribution >= 4 is 6.03 Å². The molecule has 2 fully saturated rings. The summed E-state index contributed by atoms with van der Waals surface area (Å²) in [5, 5.41) is 2.98. The lowest BCUT2D eigenvalue weighted by Crippen LogP contribution is -2.54. The molecule has 2 amide bonds. The highest BCUT2D eigenvalue weighted by molar-refractivity contribution is 5.74. The molecule has 0 bridgehead atoms. The van der Waals surface area contributed by atoms with Gasteiger partial charge in [-0.25, -0.2) is 4.79 Å². The van der Waals surface area contributed by atoms with Crippen molar-refractivity contribution in [3.8, 4) is 5.75 Å². The quantitative estimate of drug-likeness (QED) is 0.866. The summed E-state index contributed by atoms with van der Waals surface area (Å²) in [6.45, 7) is 9.03. The molecule has 0 radical (unpaired) electrons. The van der Waals surface area contributed by atoms with E-state index < -0.39 is 0 Å². The molecule has 0 saturated carbocycles. The number of hydrogen-bond donors (Lipinski definition) is 1. The summed E-state index contributed by atoms with van der Waals surface area (Å²) in [4.78, 5) is 16.7. The van der Waals surface area contributed by atoms with Crippen LogP contribution in [-0.2, 0) is 0 Å². The van der Waals surface area contributed by atoms with Gasteiger partial charge in [0.25, 0.3) is 0 Å². The van der Waals surface area contributed by atoms with Crippen molar-refractivity contribution in [2.24, 2.45) is 0 Å². The normalized spacial score (nSPS) is 21.1. The van der Waals surface area contributed by atoms with Crippen LogP contribution >= 0.6 is 0 Å². The molecule has 1 N–H and O–H groups in total. The van der Waals surface area contributed by atoms with E-state index >= 15 is 0 Å². The van der Waals surface area contributed by atoms with E-state index in [0.29, 0.717) is 19.2 Å². The van der Waals surface area contributed by atoms with Gasteiger partial charge in [-0.05, 0) is 44.4 Å². The number of fused-ring (bicyclic) bond motifs is 1. The molecule has 5 nitrogen and oxygen atoms in total. The zero-order chi connectivity index (χ0) is 16.2. The molecule has 0 aromatic heterocycles. The molecule has 2 saturated heterocycles. The van der Waals surface area contributed by atoms with Crippen molar-refractivity contribution in [2.45, 2.75) is 32.7 Å². The van der Waals surface area contributed by atoms with Crippen molar-refractivity contribution in [3.05, 3.63) is 29.3 Å². The minimum absolute atomic E-state index is 0.0432. The minimum Gasteiger partial charge on any atom is -0.491 e.